The first-order chi connectivity index (χ1) is 19.3. The number of rotatable bonds is 11. The van der Waals surface area contributed by atoms with Gasteiger partial charge in [0.05, 0.1) is 16.1 Å². The second-order valence-corrected chi connectivity index (χ2v) is 11.7. The lowest BCUT2D eigenvalue weighted by atomic mass is 10.1. The van der Waals surface area contributed by atoms with Gasteiger partial charge in [0.15, 0.2) is 0 Å². The smallest absolute Gasteiger partial charge is 0.352 e. The Kier molecular flexibility index (Phi) is 10.2. The monoisotopic (exact) mass is 589 g/mol. The first-order valence-electron chi connectivity index (χ1n) is 13.1. The van der Waals surface area contributed by atoms with Crippen LogP contribution in [0.2, 0.25) is 0 Å². The van der Waals surface area contributed by atoms with Crippen molar-refractivity contribution in [3.8, 4) is 0 Å². The highest BCUT2D eigenvalue weighted by atomic mass is 32.2. The minimum absolute atomic E-state index is 0.0115. The molecular formula is C30H34F3N3O4S. The molecule has 0 aliphatic heterocycles. The van der Waals surface area contributed by atoms with Crippen molar-refractivity contribution in [1.82, 2.24) is 10.2 Å². The van der Waals surface area contributed by atoms with Crippen molar-refractivity contribution < 1.29 is 31.2 Å². The molecule has 11 heteroatoms. The number of alkyl halides is 3. The zero-order valence-corrected chi connectivity index (χ0v) is 24.2. The second kappa shape index (κ2) is 13.2. The van der Waals surface area contributed by atoms with E-state index in [-0.39, 0.29) is 23.2 Å². The number of nitrogens with one attached hydrogen (secondary N) is 1. The van der Waals surface area contributed by atoms with E-state index in [1.54, 1.807) is 18.2 Å². The highest BCUT2D eigenvalue weighted by Crippen LogP contribution is 2.33. The summed E-state index contributed by atoms with van der Waals surface area (Å²) in [6, 6.07) is 17.0. The van der Waals surface area contributed by atoms with Crippen LogP contribution in [0.25, 0.3) is 0 Å². The Morgan fingerprint density at radius 1 is 0.927 bits per heavy atom. The van der Waals surface area contributed by atoms with Crippen molar-refractivity contribution in [3.63, 3.8) is 0 Å². The molecule has 0 heterocycles. The summed E-state index contributed by atoms with van der Waals surface area (Å²) in [6.45, 7) is 6.26. The average Bonchev–Trinajstić information content (AvgIpc) is 2.94. The van der Waals surface area contributed by atoms with Gasteiger partial charge in [0.25, 0.3) is 10.0 Å². The molecule has 0 aromatic heterocycles. The van der Waals surface area contributed by atoms with Gasteiger partial charge in [0.1, 0.15) is 12.6 Å². The molecule has 0 aliphatic carbocycles. The Labute approximate surface area is 239 Å². The maximum absolute atomic E-state index is 13.9. The molecule has 0 fully saturated rings. The molecule has 0 radical (unpaired) electrons. The summed E-state index contributed by atoms with van der Waals surface area (Å²) in [6.07, 6.45) is -4.08. The van der Waals surface area contributed by atoms with Gasteiger partial charge in [0.2, 0.25) is 11.8 Å². The molecule has 3 aromatic rings. The van der Waals surface area contributed by atoms with E-state index in [4.69, 9.17) is 0 Å². The number of halogens is 3. The van der Waals surface area contributed by atoms with E-state index in [0.29, 0.717) is 16.8 Å². The maximum atomic E-state index is 13.9. The summed E-state index contributed by atoms with van der Waals surface area (Å²) in [5.74, 6) is -1.19. The first kappa shape index (κ1) is 31.7. The van der Waals surface area contributed by atoms with E-state index in [0.717, 1.165) is 23.3 Å². The largest absolute Gasteiger partial charge is 0.416 e. The fourth-order valence-electron chi connectivity index (χ4n) is 4.10. The summed E-state index contributed by atoms with van der Waals surface area (Å²) in [4.78, 5) is 28.1. The Balaban J connectivity index is 2.08. The van der Waals surface area contributed by atoms with E-state index in [1.165, 1.54) is 42.2 Å². The van der Waals surface area contributed by atoms with Gasteiger partial charge >= 0.3 is 6.18 Å². The molecule has 7 nitrogen and oxygen atoms in total. The third-order valence-corrected chi connectivity index (χ3v) is 8.63. The quantitative estimate of drug-likeness (QED) is 0.318. The predicted octanol–water partition coefficient (Wildman–Crippen LogP) is 5.54. The van der Waals surface area contributed by atoms with Crippen LogP contribution in [-0.2, 0) is 32.3 Å². The number of amides is 2. The summed E-state index contributed by atoms with van der Waals surface area (Å²) >= 11 is 0. The fraction of sp³-hybridized carbons (Fsp3) is 0.333. The van der Waals surface area contributed by atoms with Crippen molar-refractivity contribution in [2.24, 2.45) is 0 Å². The lowest BCUT2D eigenvalue weighted by Crippen LogP contribution is -2.52. The number of hydrogen-bond acceptors (Lipinski definition) is 4. The average molecular weight is 590 g/mol. The van der Waals surface area contributed by atoms with Crippen LogP contribution in [-0.4, -0.2) is 43.8 Å². The van der Waals surface area contributed by atoms with E-state index in [1.807, 2.05) is 32.9 Å². The summed E-state index contributed by atoms with van der Waals surface area (Å²) in [5, 5.41) is 2.84. The van der Waals surface area contributed by atoms with Gasteiger partial charge in [-0.25, -0.2) is 8.42 Å². The minimum Gasteiger partial charge on any atom is -0.352 e. The number of nitrogens with zero attached hydrogens (tertiary/aromatic N) is 2. The standard InChI is InChI=1S/C30H34F3N3O4S/c1-5-22(3)34-29(38)23(4)35(19-24-13-10-9-12-21(24)2)28(37)20-36(41(39,40)27-16-7-6-8-17-27)26-15-11-14-25(18-26)30(31,32)33/h6-18,22-23H,5,19-20H2,1-4H3,(H,34,38)/t22-,23+/m1/s1. The lowest BCUT2D eigenvalue weighted by Gasteiger charge is -2.33. The van der Waals surface area contributed by atoms with Crippen LogP contribution in [0.5, 0.6) is 0 Å². The number of sulfonamides is 1. The molecule has 3 aromatic carbocycles. The normalized spacial score (nSPS) is 13.2. The Bertz CT molecular complexity index is 1460. The SMILES string of the molecule is CC[C@@H](C)NC(=O)[C@H](C)N(Cc1ccccc1C)C(=O)CN(c1cccc(C(F)(F)F)c1)S(=O)(=O)c1ccccc1. The Morgan fingerprint density at radius 2 is 1.56 bits per heavy atom. The lowest BCUT2D eigenvalue weighted by molar-refractivity contribution is -0.139. The molecule has 2 atom stereocenters. The summed E-state index contributed by atoms with van der Waals surface area (Å²) in [7, 11) is -4.48. The summed E-state index contributed by atoms with van der Waals surface area (Å²) in [5.41, 5.74) is 0.199. The molecule has 0 spiro atoms. The maximum Gasteiger partial charge on any atom is 0.416 e. The van der Waals surface area contributed by atoms with Crippen LogP contribution in [0.1, 0.15) is 43.9 Å². The van der Waals surface area contributed by atoms with E-state index >= 15 is 0 Å². The van der Waals surface area contributed by atoms with E-state index in [9.17, 15) is 31.2 Å². The zero-order chi connectivity index (χ0) is 30.4. The number of aryl methyl sites for hydroxylation is 1. The number of carbonyl (C=O) groups excluding carboxylic acids is 2. The molecule has 0 unspecified atom stereocenters. The van der Waals surface area contributed by atoms with Crippen LogP contribution in [0.3, 0.4) is 0 Å². The Morgan fingerprint density at radius 3 is 2.17 bits per heavy atom. The molecule has 0 saturated heterocycles. The number of benzene rings is 3. The van der Waals surface area contributed by atoms with Crippen LogP contribution in [0.15, 0.2) is 83.8 Å². The van der Waals surface area contributed by atoms with Crippen molar-refractivity contribution in [2.45, 2.75) is 63.8 Å². The van der Waals surface area contributed by atoms with Gasteiger partial charge in [-0.15, -0.1) is 0 Å². The second-order valence-electron chi connectivity index (χ2n) is 9.81. The molecule has 41 heavy (non-hydrogen) atoms. The summed E-state index contributed by atoms with van der Waals surface area (Å²) < 4.78 is 68.8. The molecular weight excluding hydrogens is 555 g/mol. The van der Waals surface area contributed by atoms with Crippen LogP contribution >= 0.6 is 0 Å². The molecule has 0 aliphatic rings. The van der Waals surface area contributed by atoms with Crippen LogP contribution < -0.4 is 9.62 Å². The van der Waals surface area contributed by atoms with Gasteiger partial charge in [-0.1, -0.05) is 55.5 Å². The van der Waals surface area contributed by atoms with Gasteiger partial charge in [-0.05, 0) is 68.7 Å². The predicted molar refractivity (Wildman–Crippen MR) is 152 cm³/mol. The zero-order valence-electron chi connectivity index (χ0n) is 23.4. The highest BCUT2D eigenvalue weighted by molar-refractivity contribution is 7.92. The molecule has 2 amide bonds. The number of hydrogen-bond donors (Lipinski definition) is 1. The Hall–Kier alpha value is -3.86. The highest BCUT2D eigenvalue weighted by Gasteiger charge is 2.35. The van der Waals surface area contributed by atoms with Crippen LogP contribution in [0, 0.1) is 6.92 Å². The van der Waals surface area contributed by atoms with Gasteiger partial charge in [-0.3, -0.25) is 13.9 Å². The topological polar surface area (TPSA) is 86.8 Å². The van der Waals surface area contributed by atoms with E-state index in [2.05, 4.69) is 5.32 Å². The van der Waals surface area contributed by atoms with E-state index < -0.39 is 46.2 Å². The third kappa shape index (κ3) is 7.87. The molecule has 220 valence electrons. The van der Waals surface area contributed by atoms with Gasteiger partial charge < -0.3 is 10.2 Å². The molecule has 0 bridgehead atoms. The fourth-order valence-corrected chi connectivity index (χ4v) is 5.53. The number of carbonyl (C=O) groups is 2. The molecule has 1 N–H and O–H groups in total. The van der Waals surface area contributed by atoms with Crippen molar-refractivity contribution in [3.05, 3.63) is 95.6 Å². The first-order valence-corrected chi connectivity index (χ1v) is 14.6. The third-order valence-electron chi connectivity index (χ3n) is 6.84. The van der Waals surface area contributed by atoms with Crippen molar-refractivity contribution in [1.29, 1.82) is 0 Å². The van der Waals surface area contributed by atoms with Gasteiger partial charge in [0, 0.05) is 12.6 Å². The van der Waals surface area contributed by atoms with Crippen molar-refractivity contribution in [2.75, 3.05) is 10.8 Å². The number of anilines is 1. The minimum atomic E-state index is -4.73. The van der Waals surface area contributed by atoms with Crippen LogP contribution in [0.4, 0.5) is 18.9 Å². The molecule has 0 saturated carbocycles. The van der Waals surface area contributed by atoms with Gasteiger partial charge in [-0.2, -0.15) is 13.2 Å². The molecule has 3 rings (SSSR count). The van der Waals surface area contributed by atoms with Crippen molar-refractivity contribution >= 4 is 27.5 Å².